The summed E-state index contributed by atoms with van der Waals surface area (Å²) in [6, 6.07) is 13.6. The highest BCUT2D eigenvalue weighted by Crippen LogP contribution is 2.11. The van der Waals surface area contributed by atoms with Gasteiger partial charge in [-0.2, -0.15) is 5.10 Å². The van der Waals surface area contributed by atoms with E-state index >= 15 is 0 Å². The largest absolute Gasteiger partial charge is 0.271 e. The van der Waals surface area contributed by atoms with Gasteiger partial charge in [-0.15, -0.1) is 0 Å². The van der Waals surface area contributed by atoms with E-state index in [0.717, 1.165) is 22.4 Å². The summed E-state index contributed by atoms with van der Waals surface area (Å²) in [6.07, 6.45) is 0. The topological polar surface area (TPSA) is 41.5 Å². The van der Waals surface area contributed by atoms with Gasteiger partial charge in [0.25, 0.3) is 5.91 Å². The fourth-order valence-corrected chi connectivity index (χ4v) is 2.18. The van der Waals surface area contributed by atoms with Crippen molar-refractivity contribution in [2.45, 2.75) is 27.7 Å². The van der Waals surface area contributed by atoms with E-state index < -0.39 is 0 Å². The maximum Gasteiger partial charge on any atom is 0.271 e. The van der Waals surface area contributed by atoms with Crippen molar-refractivity contribution >= 4 is 11.6 Å². The van der Waals surface area contributed by atoms with Crippen molar-refractivity contribution in [3.05, 3.63) is 70.3 Å². The summed E-state index contributed by atoms with van der Waals surface area (Å²) in [7, 11) is 0. The van der Waals surface area contributed by atoms with E-state index in [-0.39, 0.29) is 5.91 Å². The summed E-state index contributed by atoms with van der Waals surface area (Å²) in [5.41, 5.74) is 8.56. The van der Waals surface area contributed by atoms with Crippen LogP contribution in [0.25, 0.3) is 0 Å². The van der Waals surface area contributed by atoms with Crippen LogP contribution in [-0.4, -0.2) is 11.6 Å². The zero-order valence-electron chi connectivity index (χ0n) is 12.9. The van der Waals surface area contributed by atoms with Crippen LogP contribution in [0.3, 0.4) is 0 Å². The van der Waals surface area contributed by atoms with Gasteiger partial charge in [0.1, 0.15) is 0 Å². The number of nitrogens with one attached hydrogen (secondary N) is 1. The Bertz CT molecular complexity index is 685. The summed E-state index contributed by atoms with van der Waals surface area (Å²) in [5, 5.41) is 4.20. The zero-order valence-corrected chi connectivity index (χ0v) is 12.9. The summed E-state index contributed by atoms with van der Waals surface area (Å²) >= 11 is 0. The molecule has 0 aliphatic carbocycles. The Balaban J connectivity index is 2.12. The number of hydrazone groups is 1. The predicted octanol–water partition coefficient (Wildman–Crippen LogP) is 3.77. The molecule has 2 aromatic carbocycles. The van der Waals surface area contributed by atoms with Crippen molar-refractivity contribution in [2.24, 2.45) is 5.10 Å². The van der Waals surface area contributed by atoms with Gasteiger partial charge in [0.05, 0.1) is 5.71 Å². The maximum absolute atomic E-state index is 12.0. The SMILES string of the molecule is C/C(=N/NC(=O)c1ccc(C)cc1)c1ccc(C)cc1C. The maximum atomic E-state index is 12.0. The molecule has 0 aromatic heterocycles. The molecule has 1 N–H and O–H groups in total. The van der Waals surface area contributed by atoms with Crippen LogP contribution in [0.4, 0.5) is 0 Å². The van der Waals surface area contributed by atoms with Crippen LogP contribution < -0.4 is 5.43 Å². The lowest BCUT2D eigenvalue weighted by molar-refractivity contribution is 0.0955. The summed E-state index contributed by atoms with van der Waals surface area (Å²) < 4.78 is 0. The number of hydrogen-bond acceptors (Lipinski definition) is 2. The summed E-state index contributed by atoms with van der Waals surface area (Å²) in [5.74, 6) is -0.195. The van der Waals surface area contributed by atoms with E-state index in [9.17, 15) is 4.79 Å². The third-order valence-electron chi connectivity index (χ3n) is 3.41. The summed E-state index contributed by atoms with van der Waals surface area (Å²) in [4.78, 5) is 12.0. The van der Waals surface area contributed by atoms with Crippen LogP contribution in [0.5, 0.6) is 0 Å². The molecule has 3 nitrogen and oxygen atoms in total. The first-order valence-corrected chi connectivity index (χ1v) is 6.96. The smallest absolute Gasteiger partial charge is 0.267 e. The molecule has 1 amide bonds. The molecule has 0 fully saturated rings. The Kier molecular flexibility index (Phi) is 4.53. The number of carbonyl (C=O) groups is 1. The number of carbonyl (C=O) groups excluding carboxylic acids is 1. The third-order valence-corrected chi connectivity index (χ3v) is 3.41. The second-order valence-corrected chi connectivity index (χ2v) is 5.32. The third kappa shape index (κ3) is 3.78. The lowest BCUT2D eigenvalue weighted by atomic mass is 10.0. The molecule has 0 saturated heterocycles. The normalized spacial score (nSPS) is 11.3. The van der Waals surface area contributed by atoms with Gasteiger partial charge in [0, 0.05) is 11.1 Å². The van der Waals surface area contributed by atoms with Crippen LogP contribution in [0.15, 0.2) is 47.6 Å². The number of amides is 1. The van der Waals surface area contributed by atoms with E-state index in [2.05, 4.69) is 23.5 Å². The Morgan fingerprint density at radius 3 is 2.19 bits per heavy atom. The van der Waals surface area contributed by atoms with Gasteiger partial charge in [-0.3, -0.25) is 4.79 Å². The average Bonchev–Trinajstić information content (AvgIpc) is 2.45. The lowest BCUT2D eigenvalue weighted by Crippen LogP contribution is -2.19. The molecule has 21 heavy (non-hydrogen) atoms. The number of rotatable bonds is 3. The molecule has 2 rings (SSSR count). The number of hydrogen-bond donors (Lipinski definition) is 1. The van der Waals surface area contributed by atoms with Gasteiger partial charge >= 0.3 is 0 Å². The molecule has 0 aliphatic heterocycles. The molecule has 0 atom stereocenters. The van der Waals surface area contributed by atoms with E-state index in [4.69, 9.17) is 0 Å². The fraction of sp³-hybridized carbons (Fsp3) is 0.222. The van der Waals surface area contributed by atoms with Crippen LogP contribution >= 0.6 is 0 Å². The van der Waals surface area contributed by atoms with Crippen LogP contribution in [0, 0.1) is 20.8 Å². The van der Waals surface area contributed by atoms with Crippen molar-refractivity contribution in [1.82, 2.24) is 5.43 Å². The lowest BCUT2D eigenvalue weighted by Gasteiger charge is -2.07. The van der Waals surface area contributed by atoms with E-state index in [1.807, 2.05) is 45.0 Å². The molecular formula is C18H20N2O. The van der Waals surface area contributed by atoms with Gasteiger partial charge in [-0.25, -0.2) is 5.43 Å². The van der Waals surface area contributed by atoms with Gasteiger partial charge < -0.3 is 0 Å². The van der Waals surface area contributed by atoms with Gasteiger partial charge in [-0.1, -0.05) is 41.5 Å². The molecule has 0 unspecified atom stereocenters. The van der Waals surface area contributed by atoms with Crippen molar-refractivity contribution in [3.63, 3.8) is 0 Å². The highest BCUT2D eigenvalue weighted by atomic mass is 16.2. The Labute approximate surface area is 125 Å². The highest BCUT2D eigenvalue weighted by molar-refractivity contribution is 6.01. The van der Waals surface area contributed by atoms with Crippen LogP contribution in [0.2, 0.25) is 0 Å². The molecule has 0 radical (unpaired) electrons. The zero-order chi connectivity index (χ0) is 15.4. The molecule has 0 saturated carbocycles. The fourth-order valence-electron chi connectivity index (χ4n) is 2.18. The Hall–Kier alpha value is -2.42. The molecule has 108 valence electrons. The number of benzene rings is 2. The van der Waals surface area contributed by atoms with E-state index in [1.165, 1.54) is 5.56 Å². The molecular weight excluding hydrogens is 260 g/mol. The van der Waals surface area contributed by atoms with Crippen LogP contribution in [0.1, 0.15) is 39.5 Å². The van der Waals surface area contributed by atoms with E-state index in [1.54, 1.807) is 12.1 Å². The van der Waals surface area contributed by atoms with Crippen LogP contribution in [-0.2, 0) is 0 Å². The molecule has 3 heteroatoms. The predicted molar refractivity (Wildman–Crippen MR) is 86.8 cm³/mol. The second kappa shape index (κ2) is 6.35. The van der Waals surface area contributed by atoms with Crippen molar-refractivity contribution in [3.8, 4) is 0 Å². The minimum atomic E-state index is -0.195. The Morgan fingerprint density at radius 1 is 0.952 bits per heavy atom. The van der Waals surface area contributed by atoms with Gasteiger partial charge in [-0.05, 0) is 45.4 Å². The Morgan fingerprint density at radius 2 is 1.57 bits per heavy atom. The van der Waals surface area contributed by atoms with Crippen molar-refractivity contribution < 1.29 is 4.79 Å². The minimum Gasteiger partial charge on any atom is -0.267 e. The molecule has 0 heterocycles. The first kappa shape index (κ1) is 15.0. The molecule has 0 aliphatic rings. The molecule has 0 spiro atoms. The molecule has 0 bridgehead atoms. The van der Waals surface area contributed by atoms with E-state index in [0.29, 0.717) is 5.56 Å². The van der Waals surface area contributed by atoms with Gasteiger partial charge in [0.2, 0.25) is 0 Å². The second-order valence-electron chi connectivity index (χ2n) is 5.32. The standard InChI is InChI=1S/C18H20N2O/c1-12-5-8-16(9-6-12)18(21)20-19-15(4)17-10-7-13(2)11-14(17)3/h5-11H,1-4H3,(H,20,21)/b19-15-. The first-order chi connectivity index (χ1) is 9.97. The molecule has 2 aromatic rings. The minimum absolute atomic E-state index is 0.195. The first-order valence-electron chi connectivity index (χ1n) is 6.96. The van der Waals surface area contributed by atoms with Crippen molar-refractivity contribution in [1.29, 1.82) is 0 Å². The number of aryl methyl sites for hydroxylation is 3. The quantitative estimate of drug-likeness (QED) is 0.675. The van der Waals surface area contributed by atoms with Crippen molar-refractivity contribution in [2.75, 3.05) is 0 Å². The monoisotopic (exact) mass is 280 g/mol. The average molecular weight is 280 g/mol. The summed E-state index contributed by atoms with van der Waals surface area (Å²) in [6.45, 7) is 7.99. The number of nitrogens with zero attached hydrogens (tertiary/aromatic N) is 1. The highest BCUT2D eigenvalue weighted by Gasteiger charge is 2.06. The van der Waals surface area contributed by atoms with Gasteiger partial charge in [0.15, 0.2) is 0 Å².